The molecule has 0 radical (unpaired) electrons. The van der Waals surface area contributed by atoms with Crippen molar-refractivity contribution in [1.82, 2.24) is 0 Å². The summed E-state index contributed by atoms with van der Waals surface area (Å²) in [4.78, 5) is 13.8. The van der Waals surface area contributed by atoms with E-state index in [-0.39, 0.29) is 5.91 Å². The number of amides is 1. The SMILES string of the molecule is CC1CCN(c2cc3c(cc2Cl)C(N)C(=O)N3)C1. The van der Waals surface area contributed by atoms with Gasteiger partial charge in [-0.3, -0.25) is 4.79 Å². The lowest BCUT2D eigenvalue weighted by atomic mass is 10.1. The van der Waals surface area contributed by atoms with Gasteiger partial charge >= 0.3 is 0 Å². The highest BCUT2D eigenvalue weighted by Gasteiger charge is 2.30. The zero-order chi connectivity index (χ0) is 12.9. The number of nitrogens with zero attached hydrogens (tertiary/aromatic N) is 1. The Kier molecular flexibility index (Phi) is 2.72. The molecule has 0 aromatic heterocycles. The molecule has 1 fully saturated rings. The molecule has 1 aromatic rings. The van der Waals surface area contributed by atoms with Crippen LogP contribution in [0.25, 0.3) is 0 Å². The van der Waals surface area contributed by atoms with Crippen LogP contribution >= 0.6 is 11.6 Å². The van der Waals surface area contributed by atoms with E-state index in [0.29, 0.717) is 10.9 Å². The van der Waals surface area contributed by atoms with Crippen molar-refractivity contribution in [3.05, 3.63) is 22.7 Å². The van der Waals surface area contributed by atoms with E-state index in [1.165, 1.54) is 6.42 Å². The molecule has 0 spiro atoms. The van der Waals surface area contributed by atoms with Gasteiger partial charge in [0.05, 0.1) is 10.7 Å². The third kappa shape index (κ3) is 1.76. The molecule has 2 atom stereocenters. The van der Waals surface area contributed by atoms with Crippen molar-refractivity contribution >= 4 is 28.9 Å². The lowest BCUT2D eigenvalue weighted by molar-refractivity contribution is -0.116. The molecule has 1 aromatic carbocycles. The molecule has 2 unspecified atom stereocenters. The summed E-state index contributed by atoms with van der Waals surface area (Å²) >= 11 is 6.31. The van der Waals surface area contributed by atoms with Gasteiger partial charge in [0.25, 0.3) is 0 Å². The predicted molar refractivity (Wildman–Crippen MR) is 73.0 cm³/mol. The quantitative estimate of drug-likeness (QED) is 0.818. The molecule has 2 aliphatic rings. The van der Waals surface area contributed by atoms with Gasteiger partial charge in [0.2, 0.25) is 5.91 Å². The van der Waals surface area contributed by atoms with E-state index in [1.807, 2.05) is 12.1 Å². The Morgan fingerprint density at radius 1 is 1.50 bits per heavy atom. The minimum Gasteiger partial charge on any atom is -0.370 e. The number of hydrogen-bond acceptors (Lipinski definition) is 3. The second-order valence-corrected chi connectivity index (χ2v) is 5.60. The molecule has 2 aliphatic heterocycles. The molecule has 3 N–H and O–H groups in total. The van der Waals surface area contributed by atoms with Crippen LogP contribution in [0.15, 0.2) is 12.1 Å². The molecule has 96 valence electrons. The predicted octanol–water partition coefficient (Wildman–Crippen LogP) is 2.14. The molecule has 4 nitrogen and oxygen atoms in total. The van der Waals surface area contributed by atoms with Crippen LogP contribution in [0.5, 0.6) is 0 Å². The Balaban J connectivity index is 1.98. The average molecular weight is 266 g/mol. The van der Waals surface area contributed by atoms with Crippen molar-refractivity contribution in [2.45, 2.75) is 19.4 Å². The first-order valence-electron chi connectivity index (χ1n) is 6.21. The maximum absolute atomic E-state index is 11.5. The number of hydrogen-bond donors (Lipinski definition) is 2. The van der Waals surface area contributed by atoms with Crippen molar-refractivity contribution in [2.24, 2.45) is 11.7 Å². The lowest BCUT2D eigenvalue weighted by Crippen LogP contribution is -2.19. The molecule has 1 amide bonds. The zero-order valence-electron chi connectivity index (χ0n) is 10.2. The molecule has 0 bridgehead atoms. The molecule has 0 aliphatic carbocycles. The number of carbonyl (C=O) groups is 1. The zero-order valence-corrected chi connectivity index (χ0v) is 11.0. The van der Waals surface area contributed by atoms with Gasteiger partial charge in [-0.05, 0) is 24.5 Å². The van der Waals surface area contributed by atoms with E-state index in [4.69, 9.17) is 17.3 Å². The highest BCUT2D eigenvalue weighted by molar-refractivity contribution is 6.33. The number of rotatable bonds is 1. The summed E-state index contributed by atoms with van der Waals surface area (Å²) in [5, 5.41) is 3.48. The normalized spacial score (nSPS) is 26.4. The topological polar surface area (TPSA) is 58.4 Å². The maximum Gasteiger partial charge on any atom is 0.245 e. The Morgan fingerprint density at radius 2 is 2.28 bits per heavy atom. The van der Waals surface area contributed by atoms with Crippen LogP contribution < -0.4 is 16.0 Å². The second kappa shape index (κ2) is 4.14. The smallest absolute Gasteiger partial charge is 0.245 e. The number of nitrogens with two attached hydrogens (primary N) is 1. The van der Waals surface area contributed by atoms with Crippen LogP contribution in [0.4, 0.5) is 11.4 Å². The second-order valence-electron chi connectivity index (χ2n) is 5.20. The maximum atomic E-state index is 11.5. The summed E-state index contributed by atoms with van der Waals surface area (Å²) in [7, 11) is 0. The van der Waals surface area contributed by atoms with Gasteiger partial charge in [0.15, 0.2) is 0 Å². The van der Waals surface area contributed by atoms with Crippen LogP contribution in [-0.4, -0.2) is 19.0 Å². The molecule has 2 heterocycles. The monoisotopic (exact) mass is 265 g/mol. The summed E-state index contributed by atoms with van der Waals surface area (Å²) in [6, 6.07) is 3.17. The fraction of sp³-hybridized carbons (Fsp3) is 0.462. The van der Waals surface area contributed by atoms with Crippen LogP contribution in [-0.2, 0) is 4.79 Å². The highest BCUT2D eigenvalue weighted by atomic mass is 35.5. The standard InChI is InChI=1S/C13H16ClN3O/c1-7-2-3-17(6-7)11-5-10-8(4-9(11)14)12(15)13(18)16-10/h4-5,7,12H,2-3,6,15H2,1H3,(H,16,18). The van der Waals surface area contributed by atoms with Crippen molar-refractivity contribution in [1.29, 1.82) is 0 Å². The van der Waals surface area contributed by atoms with Crippen LogP contribution in [0.1, 0.15) is 24.9 Å². The number of carbonyl (C=O) groups excluding carboxylic acids is 1. The first-order chi connectivity index (χ1) is 8.56. The molecule has 1 saturated heterocycles. The van der Waals surface area contributed by atoms with Crippen molar-refractivity contribution in [3.8, 4) is 0 Å². The summed E-state index contributed by atoms with van der Waals surface area (Å²) in [5.41, 5.74) is 8.38. The lowest BCUT2D eigenvalue weighted by Gasteiger charge is -2.20. The van der Waals surface area contributed by atoms with Crippen molar-refractivity contribution < 1.29 is 4.79 Å². The van der Waals surface area contributed by atoms with E-state index in [0.717, 1.165) is 30.0 Å². The number of nitrogens with one attached hydrogen (secondary N) is 1. The van der Waals surface area contributed by atoms with Gasteiger partial charge in [-0.1, -0.05) is 18.5 Å². The van der Waals surface area contributed by atoms with Gasteiger partial charge in [0, 0.05) is 24.3 Å². The first kappa shape index (κ1) is 11.8. The molecule has 3 rings (SSSR count). The van der Waals surface area contributed by atoms with E-state index >= 15 is 0 Å². The van der Waals surface area contributed by atoms with Crippen molar-refractivity contribution in [2.75, 3.05) is 23.3 Å². The van der Waals surface area contributed by atoms with Gasteiger partial charge in [-0.25, -0.2) is 0 Å². The van der Waals surface area contributed by atoms with E-state index < -0.39 is 6.04 Å². The molecular formula is C13H16ClN3O. The molecule has 18 heavy (non-hydrogen) atoms. The highest BCUT2D eigenvalue weighted by Crippen LogP contribution is 2.39. The third-order valence-corrected chi connectivity index (χ3v) is 4.06. The van der Waals surface area contributed by atoms with Crippen LogP contribution in [0.2, 0.25) is 5.02 Å². The Morgan fingerprint density at radius 3 is 2.94 bits per heavy atom. The molecule has 0 saturated carbocycles. The number of anilines is 2. The van der Waals surface area contributed by atoms with Crippen LogP contribution in [0, 0.1) is 5.92 Å². The Labute approximate surface area is 111 Å². The van der Waals surface area contributed by atoms with Gasteiger partial charge in [-0.2, -0.15) is 0 Å². The largest absolute Gasteiger partial charge is 0.370 e. The number of fused-ring (bicyclic) bond motifs is 1. The van der Waals surface area contributed by atoms with Crippen molar-refractivity contribution in [3.63, 3.8) is 0 Å². The molecular weight excluding hydrogens is 250 g/mol. The van der Waals surface area contributed by atoms with E-state index in [2.05, 4.69) is 17.1 Å². The van der Waals surface area contributed by atoms with Gasteiger partial charge in [-0.15, -0.1) is 0 Å². The third-order valence-electron chi connectivity index (χ3n) is 3.76. The number of halogens is 1. The molecule has 5 heteroatoms. The Hall–Kier alpha value is -1.26. The van der Waals surface area contributed by atoms with Crippen LogP contribution in [0.3, 0.4) is 0 Å². The minimum atomic E-state index is -0.593. The number of benzene rings is 1. The average Bonchev–Trinajstić information content (AvgIpc) is 2.86. The first-order valence-corrected chi connectivity index (χ1v) is 6.59. The van der Waals surface area contributed by atoms with Gasteiger partial charge < -0.3 is 16.0 Å². The minimum absolute atomic E-state index is 0.159. The summed E-state index contributed by atoms with van der Waals surface area (Å²) in [6.45, 7) is 4.26. The summed E-state index contributed by atoms with van der Waals surface area (Å²) in [5.74, 6) is 0.527. The summed E-state index contributed by atoms with van der Waals surface area (Å²) < 4.78 is 0. The van der Waals surface area contributed by atoms with E-state index in [9.17, 15) is 4.79 Å². The van der Waals surface area contributed by atoms with E-state index in [1.54, 1.807) is 0 Å². The fourth-order valence-electron chi connectivity index (χ4n) is 2.69. The Bertz CT molecular complexity index is 517. The van der Waals surface area contributed by atoms with Gasteiger partial charge in [0.1, 0.15) is 6.04 Å². The summed E-state index contributed by atoms with van der Waals surface area (Å²) in [6.07, 6.45) is 1.18. The fourth-order valence-corrected chi connectivity index (χ4v) is 2.98.